The molecular formula is C20H21N5O2. The molecule has 0 unspecified atom stereocenters. The van der Waals surface area contributed by atoms with Crippen LogP contribution in [0.15, 0.2) is 54.6 Å². The van der Waals surface area contributed by atoms with Crippen molar-refractivity contribution >= 4 is 23.6 Å². The van der Waals surface area contributed by atoms with E-state index >= 15 is 0 Å². The van der Waals surface area contributed by atoms with Crippen LogP contribution in [-0.4, -0.2) is 20.9 Å². The van der Waals surface area contributed by atoms with E-state index in [1.165, 1.54) is 0 Å². The quantitative estimate of drug-likeness (QED) is 0.644. The molecule has 0 aliphatic rings. The van der Waals surface area contributed by atoms with Crippen LogP contribution in [0.4, 0.5) is 17.6 Å². The number of ether oxygens (including phenoxy) is 1. The van der Waals surface area contributed by atoms with E-state index in [1.807, 2.05) is 42.5 Å². The van der Waals surface area contributed by atoms with Crippen molar-refractivity contribution in [3.63, 3.8) is 0 Å². The Kier molecular flexibility index (Phi) is 5.61. The Bertz CT molecular complexity index is 911. The molecule has 0 amide bonds. The Labute approximate surface area is 157 Å². The lowest BCUT2D eigenvalue weighted by Crippen LogP contribution is -2.11. The fraction of sp³-hybridized carbons (Fsp3) is 0.200. The minimum absolute atomic E-state index is 0.0516. The lowest BCUT2D eigenvalue weighted by molar-refractivity contribution is 0.0462. The van der Waals surface area contributed by atoms with Gasteiger partial charge < -0.3 is 15.8 Å². The third-order valence-electron chi connectivity index (χ3n) is 3.87. The summed E-state index contributed by atoms with van der Waals surface area (Å²) in [5.41, 5.74) is 8.19. The number of nitrogen functional groups attached to an aromatic ring is 1. The van der Waals surface area contributed by atoms with Crippen LogP contribution in [0.25, 0.3) is 0 Å². The monoisotopic (exact) mass is 363 g/mol. The van der Waals surface area contributed by atoms with E-state index in [0.717, 1.165) is 11.3 Å². The van der Waals surface area contributed by atoms with Crippen LogP contribution in [0.2, 0.25) is 0 Å². The fourth-order valence-corrected chi connectivity index (χ4v) is 2.43. The van der Waals surface area contributed by atoms with Crippen molar-refractivity contribution in [2.45, 2.75) is 26.4 Å². The highest BCUT2D eigenvalue weighted by Crippen LogP contribution is 2.16. The summed E-state index contributed by atoms with van der Waals surface area (Å²) in [7, 11) is 0. The maximum Gasteiger partial charge on any atom is 0.338 e. The van der Waals surface area contributed by atoms with Crippen molar-refractivity contribution in [3.05, 3.63) is 71.5 Å². The van der Waals surface area contributed by atoms with Crippen LogP contribution in [0.3, 0.4) is 0 Å². The Morgan fingerprint density at radius 2 is 1.74 bits per heavy atom. The normalized spacial score (nSPS) is 10.6. The SMILES string of the molecule is CC(C)c1ccc(C(=O)OCc2nc(N)nc(Nc3ccccc3)n2)cc1. The van der Waals surface area contributed by atoms with Crippen molar-refractivity contribution in [2.24, 2.45) is 0 Å². The number of esters is 1. The Morgan fingerprint density at radius 3 is 2.41 bits per heavy atom. The highest BCUT2D eigenvalue weighted by Gasteiger charge is 2.11. The van der Waals surface area contributed by atoms with E-state index in [9.17, 15) is 4.79 Å². The molecule has 0 saturated carbocycles. The van der Waals surface area contributed by atoms with E-state index in [2.05, 4.69) is 34.1 Å². The lowest BCUT2D eigenvalue weighted by atomic mass is 10.0. The van der Waals surface area contributed by atoms with Gasteiger partial charge in [0.15, 0.2) is 12.4 Å². The first-order valence-corrected chi connectivity index (χ1v) is 8.61. The molecule has 0 bridgehead atoms. The first-order chi connectivity index (χ1) is 13.0. The van der Waals surface area contributed by atoms with Gasteiger partial charge in [0, 0.05) is 5.69 Å². The third kappa shape index (κ3) is 5.01. The number of anilines is 3. The van der Waals surface area contributed by atoms with Crippen molar-refractivity contribution < 1.29 is 9.53 Å². The highest BCUT2D eigenvalue weighted by atomic mass is 16.5. The first kappa shape index (κ1) is 18.3. The van der Waals surface area contributed by atoms with E-state index in [1.54, 1.807) is 12.1 Å². The maximum atomic E-state index is 12.2. The smallest absolute Gasteiger partial charge is 0.338 e. The number of nitrogens with zero attached hydrogens (tertiary/aromatic N) is 3. The van der Waals surface area contributed by atoms with E-state index in [-0.39, 0.29) is 18.4 Å². The van der Waals surface area contributed by atoms with Gasteiger partial charge in [0.1, 0.15) is 0 Å². The Hall–Kier alpha value is -3.48. The predicted molar refractivity (Wildman–Crippen MR) is 104 cm³/mol. The number of carbonyl (C=O) groups excluding carboxylic acids is 1. The number of nitrogens with one attached hydrogen (secondary N) is 1. The summed E-state index contributed by atoms with van der Waals surface area (Å²) in [6.07, 6.45) is 0. The second kappa shape index (κ2) is 8.27. The number of carbonyl (C=O) groups is 1. The zero-order chi connectivity index (χ0) is 19.2. The molecule has 27 heavy (non-hydrogen) atoms. The number of aromatic nitrogens is 3. The number of hydrogen-bond donors (Lipinski definition) is 2. The Balaban J connectivity index is 1.65. The molecule has 0 atom stereocenters. The van der Waals surface area contributed by atoms with Gasteiger partial charge in [-0.2, -0.15) is 15.0 Å². The molecule has 3 aromatic rings. The second-order valence-corrected chi connectivity index (χ2v) is 6.28. The van der Waals surface area contributed by atoms with Gasteiger partial charge in [-0.15, -0.1) is 0 Å². The molecule has 3 rings (SSSR count). The highest BCUT2D eigenvalue weighted by molar-refractivity contribution is 5.89. The van der Waals surface area contributed by atoms with Gasteiger partial charge in [-0.25, -0.2) is 4.79 Å². The van der Waals surface area contributed by atoms with E-state index in [4.69, 9.17) is 10.5 Å². The van der Waals surface area contributed by atoms with Gasteiger partial charge in [0.05, 0.1) is 5.56 Å². The van der Waals surface area contributed by atoms with Crippen LogP contribution in [0.5, 0.6) is 0 Å². The lowest BCUT2D eigenvalue weighted by Gasteiger charge is -2.09. The van der Waals surface area contributed by atoms with Crippen LogP contribution in [-0.2, 0) is 11.3 Å². The zero-order valence-corrected chi connectivity index (χ0v) is 15.2. The summed E-state index contributed by atoms with van der Waals surface area (Å²) in [6, 6.07) is 16.8. The summed E-state index contributed by atoms with van der Waals surface area (Å²) < 4.78 is 5.30. The van der Waals surface area contributed by atoms with Gasteiger partial charge in [0.25, 0.3) is 0 Å². The molecular weight excluding hydrogens is 342 g/mol. The van der Waals surface area contributed by atoms with E-state index < -0.39 is 5.97 Å². The number of nitrogens with two attached hydrogens (primary N) is 1. The molecule has 0 aliphatic carbocycles. The van der Waals surface area contributed by atoms with Crippen molar-refractivity contribution in [2.75, 3.05) is 11.1 Å². The molecule has 0 fully saturated rings. The molecule has 7 heteroatoms. The minimum Gasteiger partial charge on any atom is -0.454 e. The number of rotatable bonds is 6. The van der Waals surface area contributed by atoms with Crippen molar-refractivity contribution in [1.29, 1.82) is 0 Å². The summed E-state index contributed by atoms with van der Waals surface area (Å²) in [4.78, 5) is 24.5. The fourth-order valence-electron chi connectivity index (χ4n) is 2.43. The Morgan fingerprint density at radius 1 is 1.04 bits per heavy atom. The zero-order valence-electron chi connectivity index (χ0n) is 15.2. The molecule has 7 nitrogen and oxygen atoms in total. The standard InChI is InChI=1S/C20H21N5O2/c1-13(2)14-8-10-15(11-9-14)18(26)27-12-17-23-19(21)25-20(24-17)22-16-6-4-3-5-7-16/h3-11,13H,12H2,1-2H3,(H3,21,22,23,24,25). The topological polar surface area (TPSA) is 103 Å². The van der Waals surface area contributed by atoms with Crippen LogP contribution in [0.1, 0.15) is 41.5 Å². The van der Waals surface area contributed by atoms with Crippen LogP contribution >= 0.6 is 0 Å². The molecule has 0 spiro atoms. The summed E-state index contributed by atoms with van der Waals surface area (Å²) in [6.45, 7) is 4.10. The molecule has 0 radical (unpaired) electrons. The van der Waals surface area contributed by atoms with Crippen LogP contribution < -0.4 is 11.1 Å². The molecule has 3 N–H and O–H groups in total. The van der Waals surface area contributed by atoms with Gasteiger partial charge in [0.2, 0.25) is 11.9 Å². The van der Waals surface area contributed by atoms with E-state index in [0.29, 0.717) is 17.4 Å². The molecule has 2 aromatic carbocycles. The third-order valence-corrected chi connectivity index (χ3v) is 3.87. The van der Waals surface area contributed by atoms with Gasteiger partial charge >= 0.3 is 5.97 Å². The number of hydrogen-bond acceptors (Lipinski definition) is 7. The molecule has 138 valence electrons. The van der Waals surface area contributed by atoms with Gasteiger partial charge in [-0.05, 0) is 35.7 Å². The second-order valence-electron chi connectivity index (χ2n) is 6.28. The average molecular weight is 363 g/mol. The summed E-state index contributed by atoms with van der Waals surface area (Å²) in [5, 5.41) is 3.04. The largest absolute Gasteiger partial charge is 0.454 e. The number of para-hydroxylation sites is 1. The maximum absolute atomic E-state index is 12.2. The minimum atomic E-state index is -0.443. The average Bonchev–Trinajstić information content (AvgIpc) is 2.66. The number of benzene rings is 2. The molecule has 0 aliphatic heterocycles. The van der Waals surface area contributed by atoms with Gasteiger partial charge in [-0.3, -0.25) is 0 Å². The summed E-state index contributed by atoms with van der Waals surface area (Å²) >= 11 is 0. The molecule has 1 heterocycles. The molecule has 1 aromatic heterocycles. The predicted octanol–water partition coefficient (Wildman–Crippen LogP) is 3.68. The first-order valence-electron chi connectivity index (χ1n) is 8.61. The van der Waals surface area contributed by atoms with Crippen molar-refractivity contribution in [1.82, 2.24) is 15.0 Å². The van der Waals surface area contributed by atoms with Gasteiger partial charge in [-0.1, -0.05) is 44.2 Å². The van der Waals surface area contributed by atoms with Crippen molar-refractivity contribution in [3.8, 4) is 0 Å². The molecule has 0 saturated heterocycles. The van der Waals surface area contributed by atoms with Crippen LogP contribution in [0, 0.1) is 0 Å². The summed E-state index contributed by atoms with van der Waals surface area (Å²) in [5.74, 6) is 0.575.